The van der Waals surface area contributed by atoms with Gasteiger partial charge >= 0.3 is 0 Å². The minimum atomic E-state index is -0.0836. The number of hydrogen-bond acceptors (Lipinski definition) is 4. The molecule has 0 aliphatic heterocycles. The van der Waals surface area contributed by atoms with Crippen LogP contribution in [0.3, 0.4) is 0 Å². The molecule has 1 aliphatic carbocycles. The Labute approximate surface area is 92.8 Å². The van der Waals surface area contributed by atoms with Crippen LogP contribution in [0.5, 0.6) is 0 Å². The first-order chi connectivity index (χ1) is 7.86. The van der Waals surface area contributed by atoms with E-state index < -0.39 is 0 Å². The second-order valence-electron chi connectivity index (χ2n) is 4.00. The highest BCUT2D eigenvalue weighted by molar-refractivity contribution is 5.23. The molecule has 0 bridgehead atoms. The molecule has 3 rings (SSSR count). The molecular weight excluding hydrogens is 204 g/mol. The topological polar surface area (TPSA) is 63.8 Å². The molecular formula is C11H12N4O. The molecule has 0 amide bonds. The van der Waals surface area contributed by atoms with Gasteiger partial charge in [0.2, 0.25) is 0 Å². The summed E-state index contributed by atoms with van der Waals surface area (Å²) in [6.07, 6.45) is 4.38. The normalized spacial score (nSPS) is 15.3. The van der Waals surface area contributed by atoms with E-state index in [1.54, 1.807) is 10.7 Å². The quantitative estimate of drug-likeness (QED) is 0.832. The Hall–Kier alpha value is -1.75. The van der Waals surface area contributed by atoms with Crippen LogP contribution < -0.4 is 0 Å². The average molecular weight is 216 g/mol. The first-order valence-corrected chi connectivity index (χ1v) is 5.36. The molecule has 0 unspecified atom stereocenters. The number of aliphatic hydroxyl groups excluding tert-OH is 1. The maximum atomic E-state index is 8.86. The molecule has 1 saturated carbocycles. The highest BCUT2D eigenvalue weighted by Crippen LogP contribution is 2.38. The zero-order valence-corrected chi connectivity index (χ0v) is 8.74. The van der Waals surface area contributed by atoms with Crippen molar-refractivity contribution >= 4 is 0 Å². The molecule has 5 heteroatoms. The average Bonchev–Trinajstić information content (AvgIpc) is 3.08. The van der Waals surface area contributed by atoms with Crippen molar-refractivity contribution in [3.63, 3.8) is 0 Å². The summed E-state index contributed by atoms with van der Waals surface area (Å²) in [5.74, 6) is 1.33. The van der Waals surface area contributed by atoms with Crippen LogP contribution >= 0.6 is 0 Å². The minimum absolute atomic E-state index is 0.0836. The number of aromatic nitrogens is 4. The van der Waals surface area contributed by atoms with Crippen molar-refractivity contribution in [2.75, 3.05) is 0 Å². The number of rotatable bonds is 3. The third-order valence-electron chi connectivity index (χ3n) is 2.71. The minimum Gasteiger partial charge on any atom is -0.390 e. The third-order valence-corrected chi connectivity index (χ3v) is 2.71. The zero-order chi connectivity index (χ0) is 11.0. The zero-order valence-electron chi connectivity index (χ0n) is 8.74. The van der Waals surface area contributed by atoms with Crippen LogP contribution in [0.15, 0.2) is 24.4 Å². The van der Waals surface area contributed by atoms with Crippen molar-refractivity contribution < 1.29 is 5.11 Å². The lowest BCUT2D eigenvalue weighted by Crippen LogP contribution is -2.02. The highest BCUT2D eigenvalue weighted by atomic mass is 16.3. The second kappa shape index (κ2) is 3.68. The van der Waals surface area contributed by atoms with Crippen molar-refractivity contribution in [3.8, 4) is 5.82 Å². The molecule has 1 fully saturated rings. The molecule has 0 spiro atoms. The van der Waals surface area contributed by atoms with Crippen LogP contribution in [0, 0.1) is 0 Å². The first-order valence-electron chi connectivity index (χ1n) is 5.36. The van der Waals surface area contributed by atoms with Gasteiger partial charge in [-0.05, 0) is 31.0 Å². The number of nitrogens with zero attached hydrogens (tertiary/aromatic N) is 4. The summed E-state index contributed by atoms with van der Waals surface area (Å²) >= 11 is 0. The maximum Gasteiger partial charge on any atom is 0.175 e. The van der Waals surface area contributed by atoms with E-state index in [0.29, 0.717) is 17.4 Å². The number of hydrogen-bond donors (Lipinski definition) is 1. The van der Waals surface area contributed by atoms with Gasteiger partial charge in [-0.25, -0.2) is 4.68 Å². The third kappa shape index (κ3) is 1.69. The van der Waals surface area contributed by atoms with Gasteiger partial charge in [-0.2, -0.15) is 10.2 Å². The van der Waals surface area contributed by atoms with Crippen molar-refractivity contribution in [1.29, 1.82) is 0 Å². The molecule has 1 aliphatic rings. The Kier molecular flexibility index (Phi) is 2.18. The van der Waals surface area contributed by atoms with Gasteiger partial charge in [0.1, 0.15) is 0 Å². The van der Waals surface area contributed by atoms with Crippen molar-refractivity contribution in [2.24, 2.45) is 0 Å². The van der Waals surface area contributed by atoms with Gasteiger partial charge in [0.05, 0.1) is 18.0 Å². The lowest BCUT2D eigenvalue weighted by atomic mass is 10.3. The van der Waals surface area contributed by atoms with Crippen LogP contribution in [0.4, 0.5) is 0 Å². The van der Waals surface area contributed by atoms with E-state index in [1.165, 1.54) is 12.8 Å². The van der Waals surface area contributed by atoms with E-state index in [-0.39, 0.29) is 6.61 Å². The fraction of sp³-hybridized carbons (Fsp3) is 0.364. The Morgan fingerprint density at radius 2 is 2.12 bits per heavy atom. The standard InChI is InChI=1S/C11H12N4O/c16-7-9-3-4-11(13-12-9)15-6-5-10(14-15)8-1-2-8/h3-6,8,16H,1-2,7H2. The summed E-state index contributed by atoms with van der Waals surface area (Å²) in [5, 5.41) is 21.2. The molecule has 5 nitrogen and oxygen atoms in total. The summed E-state index contributed by atoms with van der Waals surface area (Å²) in [4.78, 5) is 0. The fourth-order valence-corrected chi connectivity index (χ4v) is 1.62. The summed E-state index contributed by atoms with van der Waals surface area (Å²) in [6, 6.07) is 5.59. The molecule has 82 valence electrons. The number of aliphatic hydroxyl groups is 1. The molecule has 2 aromatic rings. The van der Waals surface area contributed by atoms with E-state index in [9.17, 15) is 0 Å². The van der Waals surface area contributed by atoms with E-state index in [0.717, 1.165) is 5.69 Å². The van der Waals surface area contributed by atoms with E-state index in [1.807, 2.05) is 18.3 Å². The van der Waals surface area contributed by atoms with Crippen LogP contribution in [0.1, 0.15) is 30.1 Å². The van der Waals surface area contributed by atoms with Gasteiger partial charge in [0, 0.05) is 12.1 Å². The molecule has 2 aromatic heterocycles. The molecule has 1 N–H and O–H groups in total. The fourth-order valence-electron chi connectivity index (χ4n) is 1.62. The van der Waals surface area contributed by atoms with E-state index in [2.05, 4.69) is 15.3 Å². The van der Waals surface area contributed by atoms with Crippen LogP contribution in [0.2, 0.25) is 0 Å². The van der Waals surface area contributed by atoms with Gasteiger partial charge in [-0.1, -0.05) is 0 Å². The summed E-state index contributed by atoms with van der Waals surface area (Å²) in [6.45, 7) is -0.0836. The predicted octanol–water partition coefficient (Wildman–Crippen LogP) is 1.03. The van der Waals surface area contributed by atoms with Crippen LogP contribution in [0.25, 0.3) is 5.82 Å². The van der Waals surface area contributed by atoms with E-state index >= 15 is 0 Å². The maximum absolute atomic E-state index is 8.86. The summed E-state index contributed by atoms with van der Waals surface area (Å²) in [7, 11) is 0. The first kappa shape index (κ1) is 9.47. The SMILES string of the molecule is OCc1ccc(-n2ccc(C3CC3)n2)nn1. The predicted molar refractivity (Wildman–Crippen MR) is 57.1 cm³/mol. The molecule has 0 aromatic carbocycles. The Morgan fingerprint density at radius 3 is 2.75 bits per heavy atom. The van der Waals surface area contributed by atoms with Gasteiger partial charge in [0.15, 0.2) is 5.82 Å². The molecule has 0 saturated heterocycles. The Balaban J connectivity index is 1.88. The smallest absolute Gasteiger partial charge is 0.175 e. The second-order valence-corrected chi connectivity index (χ2v) is 4.00. The molecule has 0 atom stereocenters. The van der Waals surface area contributed by atoms with Gasteiger partial charge in [0.25, 0.3) is 0 Å². The Morgan fingerprint density at radius 1 is 1.25 bits per heavy atom. The Bertz CT molecular complexity index is 487. The van der Waals surface area contributed by atoms with Gasteiger partial charge in [-0.3, -0.25) is 0 Å². The lowest BCUT2D eigenvalue weighted by molar-refractivity contribution is 0.275. The largest absolute Gasteiger partial charge is 0.390 e. The van der Waals surface area contributed by atoms with Crippen molar-refractivity contribution in [2.45, 2.75) is 25.4 Å². The van der Waals surface area contributed by atoms with E-state index in [4.69, 9.17) is 5.11 Å². The van der Waals surface area contributed by atoms with Crippen molar-refractivity contribution in [1.82, 2.24) is 20.0 Å². The van der Waals surface area contributed by atoms with Crippen molar-refractivity contribution in [3.05, 3.63) is 35.8 Å². The molecule has 16 heavy (non-hydrogen) atoms. The summed E-state index contributed by atoms with van der Waals surface area (Å²) < 4.78 is 1.72. The summed E-state index contributed by atoms with van der Waals surface area (Å²) in [5.41, 5.74) is 1.70. The molecule has 2 heterocycles. The molecule has 0 radical (unpaired) electrons. The lowest BCUT2D eigenvalue weighted by Gasteiger charge is -1.99. The van der Waals surface area contributed by atoms with Crippen LogP contribution in [-0.4, -0.2) is 25.1 Å². The van der Waals surface area contributed by atoms with Gasteiger partial charge < -0.3 is 5.11 Å². The monoisotopic (exact) mass is 216 g/mol. The highest BCUT2D eigenvalue weighted by Gasteiger charge is 2.25. The van der Waals surface area contributed by atoms with Gasteiger partial charge in [-0.15, -0.1) is 5.10 Å². The van der Waals surface area contributed by atoms with Crippen LogP contribution in [-0.2, 0) is 6.61 Å².